The highest BCUT2D eigenvalue weighted by Gasteiger charge is 2.18. The molecule has 0 aliphatic heterocycles. The Bertz CT molecular complexity index is 2500. The van der Waals surface area contributed by atoms with Gasteiger partial charge >= 0.3 is 0 Å². The summed E-state index contributed by atoms with van der Waals surface area (Å²) in [5.74, 6) is 1.71. The number of rotatable bonds is 4. The summed E-state index contributed by atoms with van der Waals surface area (Å²) in [6, 6.07) is 47.0. The van der Waals surface area contributed by atoms with Gasteiger partial charge in [0, 0.05) is 32.7 Å². The van der Waals surface area contributed by atoms with Crippen molar-refractivity contribution >= 4 is 43.9 Å². The standard InChI is InChI=1S/C39H23N3O2/c1-3-10-24(11-4-1)26-18-20-29-30-21-19-27(23-35(30)43-34(29)22-26)38-40-37(25-12-5-2-6-13-25)41-39(42-38)32-16-9-15-31-28-14-7-8-17-33(28)44-36(31)32/h1-23H. The highest BCUT2D eigenvalue weighted by atomic mass is 16.3. The Morgan fingerprint density at radius 2 is 0.909 bits per heavy atom. The second-order valence-corrected chi connectivity index (χ2v) is 10.8. The van der Waals surface area contributed by atoms with Crippen LogP contribution in [-0.4, -0.2) is 15.0 Å². The molecule has 0 aliphatic carbocycles. The molecule has 0 fully saturated rings. The van der Waals surface area contributed by atoms with E-state index in [4.69, 9.17) is 23.8 Å². The number of furan rings is 2. The maximum atomic E-state index is 6.41. The number of hydrogen-bond acceptors (Lipinski definition) is 5. The number of para-hydroxylation sites is 2. The largest absolute Gasteiger partial charge is 0.456 e. The van der Waals surface area contributed by atoms with E-state index < -0.39 is 0 Å². The van der Waals surface area contributed by atoms with Crippen molar-refractivity contribution in [2.45, 2.75) is 0 Å². The zero-order valence-corrected chi connectivity index (χ0v) is 23.4. The first kappa shape index (κ1) is 24.5. The predicted octanol–water partition coefficient (Wildman–Crippen LogP) is 10.3. The lowest BCUT2D eigenvalue weighted by molar-refractivity contribution is 0.668. The molecule has 0 spiro atoms. The van der Waals surface area contributed by atoms with Gasteiger partial charge in [0.25, 0.3) is 0 Å². The molecule has 0 unspecified atom stereocenters. The molecule has 3 heterocycles. The molecule has 0 atom stereocenters. The van der Waals surface area contributed by atoms with Gasteiger partial charge in [0.1, 0.15) is 22.3 Å². The Labute approximate surface area is 252 Å². The molecule has 3 aromatic heterocycles. The zero-order chi connectivity index (χ0) is 29.0. The van der Waals surface area contributed by atoms with E-state index in [9.17, 15) is 0 Å². The lowest BCUT2D eigenvalue weighted by Crippen LogP contribution is -2.00. The summed E-state index contributed by atoms with van der Waals surface area (Å²) in [5, 5.41) is 4.21. The minimum absolute atomic E-state index is 0.552. The van der Waals surface area contributed by atoms with Crippen LogP contribution < -0.4 is 0 Å². The monoisotopic (exact) mass is 565 g/mol. The third kappa shape index (κ3) is 3.98. The summed E-state index contributed by atoms with van der Waals surface area (Å²) in [5.41, 5.74) is 8.06. The molecule has 5 nitrogen and oxygen atoms in total. The number of aromatic nitrogens is 3. The quantitative estimate of drug-likeness (QED) is 0.212. The number of benzene rings is 6. The van der Waals surface area contributed by atoms with Crippen LogP contribution >= 0.6 is 0 Å². The van der Waals surface area contributed by atoms with Crippen molar-refractivity contribution in [1.29, 1.82) is 0 Å². The zero-order valence-electron chi connectivity index (χ0n) is 23.4. The van der Waals surface area contributed by atoms with Crippen molar-refractivity contribution < 1.29 is 8.83 Å². The van der Waals surface area contributed by atoms with Gasteiger partial charge in [0.05, 0.1) is 5.56 Å². The molecule has 0 saturated carbocycles. The maximum Gasteiger partial charge on any atom is 0.167 e. The average Bonchev–Trinajstić information content (AvgIpc) is 3.66. The van der Waals surface area contributed by atoms with Crippen molar-refractivity contribution in [3.05, 3.63) is 140 Å². The predicted molar refractivity (Wildman–Crippen MR) is 176 cm³/mol. The molecule has 5 heteroatoms. The molecular weight excluding hydrogens is 542 g/mol. The summed E-state index contributed by atoms with van der Waals surface area (Å²) in [6.45, 7) is 0. The highest BCUT2D eigenvalue weighted by molar-refractivity contribution is 6.09. The molecule has 0 radical (unpaired) electrons. The highest BCUT2D eigenvalue weighted by Crippen LogP contribution is 2.37. The maximum absolute atomic E-state index is 6.41. The molecule has 0 saturated heterocycles. The normalized spacial score (nSPS) is 11.6. The Balaban J connectivity index is 1.22. The Hall–Kier alpha value is -6.07. The van der Waals surface area contributed by atoms with Crippen molar-refractivity contribution in [2.24, 2.45) is 0 Å². The SMILES string of the molecule is c1ccc(-c2ccc3c(c2)oc2cc(-c4nc(-c5ccccc5)nc(-c5cccc6c5oc5ccccc56)n4)ccc23)cc1. The first-order valence-corrected chi connectivity index (χ1v) is 14.5. The Morgan fingerprint density at radius 1 is 0.341 bits per heavy atom. The van der Waals surface area contributed by atoms with Gasteiger partial charge in [0.2, 0.25) is 0 Å². The van der Waals surface area contributed by atoms with Crippen LogP contribution in [0, 0.1) is 0 Å². The second-order valence-electron chi connectivity index (χ2n) is 10.8. The molecule has 0 bridgehead atoms. The molecule has 9 aromatic rings. The van der Waals surface area contributed by atoms with E-state index in [-0.39, 0.29) is 0 Å². The summed E-state index contributed by atoms with van der Waals surface area (Å²) < 4.78 is 12.8. The van der Waals surface area contributed by atoms with Crippen LogP contribution in [0.15, 0.2) is 148 Å². The molecule has 206 valence electrons. The lowest BCUT2D eigenvalue weighted by Gasteiger charge is -2.08. The molecular formula is C39H23N3O2. The van der Waals surface area contributed by atoms with E-state index in [2.05, 4.69) is 54.6 Å². The van der Waals surface area contributed by atoms with Crippen molar-refractivity contribution in [1.82, 2.24) is 15.0 Å². The van der Waals surface area contributed by atoms with Gasteiger partial charge in [0.15, 0.2) is 17.5 Å². The van der Waals surface area contributed by atoms with Gasteiger partial charge in [-0.05, 0) is 47.5 Å². The fraction of sp³-hybridized carbons (Fsp3) is 0. The fourth-order valence-electron chi connectivity index (χ4n) is 5.99. The summed E-state index contributed by atoms with van der Waals surface area (Å²) in [4.78, 5) is 14.9. The molecule has 0 aliphatic rings. The summed E-state index contributed by atoms with van der Waals surface area (Å²) >= 11 is 0. The van der Waals surface area contributed by atoms with Crippen molar-refractivity contribution in [2.75, 3.05) is 0 Å². The summed E-state index contributed by atoms with van der Waals surface area (Å²) in [7, 11) is 0. The van der Waals surface area contributed by atoms with E-state index in [1.165, 1.54) is 0 Å². The molecule has 0 amide bonds. The van der Waals surface area contributed by atoms with Gasteiger partial charge in [-0.2, -0.15) is 0 Å². The third-order valence-electron chi connectivity index (χ3n) is 8.15. The Morgan fingerprint density at radius 3 is 1.68 bits per heavy atom. The topological polar surface area (TPSA) is 65.0 Å². The van der Waals surface area contributed by atoms with Gasteiger partial charge in [-0.3, -0.25) is 0 Å². The average molecular weight is 566 g/mol. The molecule has 0 N–H and O–H groups in total. The first-order valence-electron chi connectivity index (χ1n) is 14.5. The third-order valence-corrected chi connectivity index (χ3v) is 8.15. The summed E-state index contributed by atoms with van der Waals surface area (Å²) in [6.07, 6.45) is 0. The van der Waals surface area contributed by atoms with E-state index in [0.29, 0.717) is 17.5 Å². The van der Waals surface area contributed by atoms with E-state index in [1.54, 1.807) is 0 Å². The van der Waals surface area contributed by atoms with Crippen LogP contribution in [0.25, 0.3) is 89.2 Å². The molecule has 9 rings (SSSR count). The Kier molecular flexibility index (Phi) is 5.43. The van der Waals surface area contributed by atoms with Crippen LogP contribution in [0.2, 0.25) is 0 Å². The molecule has 44 heavy (non-hydrogen) atoms. The minimum Gasteiger partial charge on any atom is -0.456 e. The fourth-order valence-corrected chi connectivity index (χ4v) is 5.99. The van der Waals surface area contributed by atoms with E-state index in [1.807, 2.05) is 84.9 Å². The van der Waals surface area contributed by atoms with Crippen LogP contribution in [0.1, 0.15) is 0 Å². The number of fused-ring (bicyclic) bond motifs is 6. The van der Waals surface area contributed by atoms with Gasteiger partial charge < -0.3 is 8.83 Å². The lowest BCUT2D eigenvalue weighted by atomic mass is 10.0. The smallest absolute Gasteiger partial charge is 0.167 e. The van der Waals surface area contributed by atoms with Crippen LogP contribution in [-0.2, 0) is 0 Å². The first-order chi connectivity index (χ1) is 21.8. The second kappa shape index (κ2) is 9.75. The van der Waals surface area contributed by atoms with Crippen LogP contribution in [0.5, 0.6) is 0 Å². The minimum atomic E-state index is 0.552. The van der Waals surface area contributed by atoms with Gasteiger partial charge in [-0.1, -0.05) is 103 Å². The van der Waals surface area contributed by atoms with Gasteiger partial charge in [-0.15, -0.1) is 0 Å². The van der Waals surface area contributed by atoms with Crippen molar-refractivity contribution in [3.63, 3.8) is 0 Å². The number of hydrogen-bond donors (Lipinski definition) is 0. The van der Waals surface area contributed by atoms with Gasteiger partial charge in [-0.25, -0.2) is 15.0 Å². The van der Waals surface area contributed by atoms with E-state index in [0.717, 1.165) is 71.7 Å². The number of nitrogens with zero attached hydrogens (tertiary/aromatic N) is 3. The van der Waals surface area contributed by atoms with Crippen LogP contribution in [0.3, 0.4) is 0 Å². The van der Waals surface area contributed by atoms with Crippen LogP contribution in [0.4, 0.5) is 0 Å². The molecule has 6 aromatic carbocycles. The van der Waals surface area contributed by atoms with Crippen molar-refractivity contribution in [3.8, 4) is 45.3 Å². The van der Waals surface area contributed by atoms with E-state index >= 15 is 0 Å².